The molecule has 106 valence electrons. The van der Waals surface area contributed by atoms with Crippen LogP contribution in [-0.2, 0) is 0 Å². The van der Waals surface area contributed by atoms with E-state index in [1.165, 1.54) is 23.0 Å². The number of rotatable bonds is 2. The summed E-state index contributed by atoms with van der Waals surface area (Å²) < 4.78 is 16.0. The highest BCUT2D eigenvalue weighted by Crippen LogP contribution is 2.32. The van der Waals surface area contributed by atoms with Crippen molar-refractivity contribution in [3.05, 3.63) is 45.8 Å². The molecule has 0 atom stereocenters. The lowest BCUT2D eigenvalue weighted by Gasteiger charge is -2.09. The van der Waals surface area contributed by atoms with Crippen LogP contribution in [0, 0.1) is 5.82 Å². The minimum absolute atomic E-state index is 0.0211. The number of halogens is 3. The second-order valence-corrected chi connectivity index (χ2v) is 5.30. The molecule has 3 aromatic rings. The summed E-state index contributed by atoms with van der Waals surface area (Å²) in [6, 6.07) is 6.26. The van der Waals surface area contributed by atoms with Gasteiger partial charge >= 0.3 is 0 Å². The number of nitrogens with zero attached hydrogens (tertiary/aromatic N) is 5. The van der Waals surface area contributed by atoms with Crippen molar-refractivity contribution in [3.63, 3.8) is 0 Å². The lowest BCUT2D eigenvalue weighted by atomic mass is 10.2. The Morgan fingerprint density at radius 2 is 2.10 bits per heavy atom. The predicted molar refractivity (Wildman–Crippen MR) is 79.5 cm³/mol. The van der Waals surface area contributed by atoms with Crippen molar-refractivity contribution < 1.29 is 4.39 Å². The fraction of sp³-hybridized carbons (Fsp3) is 0. The Morgan fingerprint density at radius 3 is 2.86 bits per heavy atom. The summed E-state index contributed by atoms with van der Waals surface area (Å²) in [5.74, 6) is -0.136. The van der Waals surface area contributed by atoms with Crippen LogP contribution in [0.3, 0.4) is 0 Å². The highest BCUT2D eigenvalue weighted by Gasteiger charge is 2.20. The second-order valence-electron chi connectivity index (χ2n) is 4.04. The van der Waals surface area contributed by atoms with Gasteiger partial charge in [0.2, 0.25) is 0 Å². The number of tetrazole rings is 1. The number of anilines is 1. The van der Waals surface area contributed by atoms with Gasteiger partial charge in [0.25, 0.3) is 0 Å². The number of aromatic nitrogens is 5. The van der Waals surface area contributed by atoms with Gasteiger partial charge in [0.1, 0.15) is 11.5 Å². The smallest absolute Gasteiger partial charge is 0.192 e. The fourth-order valence-electron chi connectivity index (χ4n) is 1.84. The topological polar surface area (TPSA) is 82.5 Å². The van der Waals surface area contributed by atoms with Crippen LogP contribution in [0.15, 0.2) is 34.9 Å². The zero-order valence-electron chi connectivity index (χ0n) is 10.3. The molecule has 0 spiro atoms. The Balaban J connectivity index is 2.25. The molecule has 21 heavy (non-hydrogen) atoms. The van der Waals surface area contributed by atoms with Crippen molar-refractivity contribution in [2.45, 2.75) is 0 Å². The molecule has 2 N–H and O–H groups in total. The molecule has 0 amide bonds. The third-order valence-electron chi connectivity index (χ3n) is 2.78. The van der Waals surface area contributed by atoms with E-state index in [2.05, 4.69) is 36.4 Å². The Hall–Kier alpha value is -2.06. The van der Waals surface area contributed by atoms with E-state index in [1.807, 2.05) is 0 Å². The van der Waals surface area contributed by atoms with Gasteiger partial charge in [-0.2, -0.15) is 4.68 Å². The maximum absolute atomic E-state index is 14.2. The summed E-state index contributed by atoms with van der Waals surface area (Å²) >= 11 is 9.15. The van der Waals surface area contributed by atoms with Gasteiger partial charge < -0.3 is 5.73 Å². The van der Waals surface area contributed by atoms with Gasteiger partial charge in [-0.05, 0) is 44.6 Å². The molecule has 0 aliphatic heterocycles. The highest BCUT2D eigenvalue weighted by atomic mass is 79.9. The van der Waals surface area contributed by atoms with Crippen LogP contribution >= 0.6 is 27.5 Å². The average Bonchev–Trinajstić information content (AvgIpc) is 2.91. The van der Waals surface area contributed by atoms with Crippen LogP contribution in [0.4, 0.5) is 10.2 Å². The summed E-state index contributed by atoms with van der Waals surface area (Å²) in [5, 5.41) is 11.3. The molecule has 0 aliphatic carbocycles. The SMILES string of the molecule is Nc1nccc(Br)c1-c1nnnn1-c1cccc(Cl)c1F. The summed E-state index contributed by atoms with van der Waals surface area (Å²) in [6.07, 6.45) is 1.54. The van der Waals surface area contributed by atoms with Crippen LogP contribution in [0.5, 0.6) is 0 Å². The van der Waals surface area contributed by atoms with Crippen molar-refractivity contribution in [1.29, 1.82) is 0 Å². The first-order valence-corrected chi connectivity index (χ1v) is 6.90. The Morgan fingerprint density at radius 1 is 1.29 bits per heavy atom. The predicted octanol–water partition coefficient (Wildman–Crippen LogP) is 2.86. The van der Waals surface area contributed by atoms with Gasteiger partial charge in [-0.3, -0.25) is 0 Å². The molecule has 0 fully saturated rings. The number of nitrogen functional groups attached to an aromatic ring is 1. The van der Waals surface area contributed by atoms with Gasteiger partial charge in [-0.15, -0.1) is 5.10 Å². The first-order chi connectivity index (χ1) is 10.1. The lowest BCUT2D eigenvalue weighted by Crippen LogP contribution is -2.05. The summed E-state index contributed by atoms with van der Waals surface area (Å²) in [7, 11) is 0. The first-order valence-electron chi connectivity index (χ1n) is 5.72. The Bertz CT molecular complexity index is 801. The molecular weight excluding hydrogens is 363 g/mol. The molecule has 6 nitrogen and oxygen atoms in total. The van der Waals surface area contributed by atoms with E-state index in [1.54, 1.807) is 12.1 Å². The maximum Gasteiger partial charge on any atom is 0.192 e. The van der Waals surface area contributed by atoms with Crippen molar-refractivity contribution in [3.8, 4) is 17.1 Å². The molecule has 0 saturated heterocycles. The normalized spacial score (nSPS) is 10.8. The molecule has 0 bridgehead atoms. The Kier molecular flexibility index (Phi) is 3.56. The molecule has 0 unspecified atom stereocenters. The third kappa shape index (κ3) is 2.36. The number of benzene rings is 1. The standard InChI is InChI=1S/C12H7BrClFN6/c13-6-4-5-17-11(16)9(6)12-18-19-20-21(12)8-3-1-2-7(14)10(8)15/h1-5H,(H2,16,17). The molecule has 0 radical (unpaired) electrons. The van der Waals surface area contributed by atoms with Crippen molar-refractivity contribution >= 4 is 33.3 Å². The minimum Gasteiger partial charge on any atom is -0.383 e. The van der Waals surface area contributed by atoms with Crippen LogP contribution < -0.4 is 5.73 Å². The van der Waals surface area contributed by atoms with Crippen LogP contribution in [-0.4, -0.2) is 25.2 Å². The van der Waals surface area contributed by atoms with Crippen LogP contribution in [0.25, 0.3) is 17.1 Å². The van der Waals surface area contributed by atoms with Crippen molar-refractivity contribution in [2.75, 3.05) is 5.73 Å². The molecule has 2 heterocycles. The largest absolute Gasteiger partial charge is 0.383 e. The fourth-order valence-corrected chi connectivity index (χ4v) is 2.50. The minimum atomic E-state index is -0.619. The van der Waals surface area contributed by atoms with Crippen molar-refractivity contribution in [2.24, 2.45) is 0 Å². The Labute approximate surface area is 131 Å². The third-order valence-corrected chi connectivity index (χ3v) is 3.73. The average molecular weight is 370 g/mol. The summed E-state index contributed by atoms with van der Waals surface area (Å²) in [6.45, 7) is 0. The van der Waals surface area contributed by atoms with Gasteiger partial charge in [0.15, 0.2) is 11.6 Å². The van der Waals surface area contributed by atoms with Crippen molar-refractivity contribution in [1.82, 2.24) is 25.2 Å². The van der Waals surface area contributed by atoms with E-state index in [4.69, 9.17) is 17.3 Å². The number of nitrogens with two attached hydrogens (primary N) is 1. The van der Waals surface area contributed by atoms with E-state index in [-0.39, 0.29) is 22.4 Å². The number of pyridine rings is 1. The monoisotopic (exact) mass is 368 g/mol. The van der Waals surface area contributed by atoms with Crippen LogP contribution in [0.2, 0.25) is 5.02 Å². The molecule has 2 aromatic heterocycles. The van der Waals surface area contributed by atoms with Gasteiger partial charge in [0, 0.05) is 10.7 Å². The zero-order valence-corrected chi connectivity index (χ0v) is 12.7. The van der Waals surface area contributed by atoms with E-state index >= 15 is 0 Å². The van der Waals surface area contributed by atoms with E-state index < -0.39 is 5.82 Å². The van der Waals surface area contributed by atoms with E-state index in [0.717, 1.165) is 0 Å². The number of hydrogen-bond donors (Lipinski definition) is 1. The van der Waals surface area contributed by atoms with Gasteiger partial charge in [0.05, 0.1) is 10.6 Å². The first kappa shape index (κ1) is 13.9. The summed E-state index contributed by atoms with van der Waals surface area (Å²) in [4.78, 5) is 3.99. The van der Waals surface area contributed by atoms with E-state index in [0.29, 0.717) is 10.0 Å². The molecule has 9 heteroatoms. The maximum atomic E-state index is 14.2. The highest BCUT2D eigenvalue weighted by molar-refractivity contribution is 9.10. The quantitative estimate of drug-likeness (QED) is 0.751. The van der Waals surface area contributed by atoms with Crippen LogP contribution in [0.1, 0.15) is 0 Å². The molecule has 1 aromatic carbocycles. The van der Waals surface area contributed by atoms with Gasteiger partial charge in [-0.25, -0.2) is 9.37 Å². The lowest BCUT2D eigenvalue weighted by molar-refractivity contribution is 0.608. The molecule has 0 saturated carbocycles. The molecule has 3 rings (SSSR count). The van der Waals surface area contributed by atoms with Gasteiger partial charge in [-0.1, -0.05) is 17.7 Å². The molecular formula is C12H7BrClFN6. The number of hydrogen-bond acceptors (Lipinski definition) is 5. The second kappa shape index (κ2) is 5.38. The van der Waals surface area contributed by atoms with E-state index in [9.17, 15) is 4.39 Å². The summed E-state index contributed by atoms with van der Waals surface area (Å²) in [5.41, 5.74) is 6.45. The zero-order chi connectivity index (χ0) is 15.0. The molecule has 0 aliphatic rings.